The summed E-state index contributed by atoms with van der Waals surface area (Å²) in [4.78, 5) is 12.4. The number of nitrogens with one attached hydrogen (secondary N) is 1. The van der Waals surface area contributed by atoms with Crippen molar-refractivity contribution in [1.82, 2.24) is 14.1 Å². The first-order valence-electron chi connectivity index (χ1n) is 8.53. The minimum atomic E-state index is -0.0570. The van der Waals surface area contributed by atoms with Gasteiger partial charge in [-0.1, -0.05) is 13.0 Å². The van der Waals surface area contributed by atoms with Crippen molar-refractivity contribution in [1.29, 1.82) is 0 Å². The van der Waals surface area contributed by atoms with Crippen LogP contribution in [0.15, 0.2) is 18.2 Å². The van der Waals surface area contributed by atoms with Crippen molar-refractivity contribution in [2.75, 3.05) is 6.61 Å². The average molecular weight is 348 g/mol. The Bertz CT molecular complexity index is 690. The lowest BCUT2D eigenvalue weighted by Crippen LogP contribution is -2.46. The molecular formula is C17H24N4O2S. The fourth-order valence-electron chi connectivity index (χ4n) is 3.16. The summed E-state index contributed by atoms with van der Waals surface area (Å²) in [5.74, 6) is 0.0574. The Labute approximate surface area is 146 Å². The molecule has 1 aromatic carbocycles. The summed E-state index contributed by atoms with van der Waals surface area (Å²) in [6.45, 7) is 3.33. The highest BCUT2D eigenvalue weighted by molar-refractivity contribution is 7.00. The molecule has 0 bridgehead atoms. The maximum Gasteiger partial charge on any atom is 0.223 e. The van der Waals surface area contributed by atoms with Crippen molar-refractivity contribution in [3.05, 3.63) is 23.8 Å². The van der Waals surface area contributed by atoms with Gasteiger partial charge in [-0.2, -0.15) is 8.75 Å². The van der Waals surface area contributed by atoms with E-state index in [0.717, 1.165) is 42.5 Å². The van der Waals surface area contributed by atoms with E-state index in [4.69, 9.17) is 10.5 Å². The molecule has 0 saturated heterocycles. The standard InChI is InChI=1S/C17H24N4O2S/c1-2-7-23-16-6-4-12(9-13(16)18)17(22)19-10-11-3-5-14-15(8-11)21-24-20-14/h3,5,8,12-13,16H,2,4,6-7,9-10,18H2,1H3,(H,19,22)/t12-,13+,16+/m0/s1. The van der Waals surface area contributed by atoms with E-state index < -0.39 is 0 Å². The van der Waals surface area contributed by atoms with Gasteiger partial charge in [0, 0.05) is 25.1 Å². The summed E-state index contributed by atoms with van der Waals surface area (Å²) >= 11 is 1.20. The summed E-state index contributed by atoms with van der Waals surface area (Å²) in [6.07, 6.45) is 3.47. The van der Waals surface area contributed by atoms with Crippen LogP contribution in [0.5, 0.6) is 0 Å². The van der Waals surface area contributed by atoms with Crippen LogP contribution in [0.3, 0.4) is 0 Å². The molecule has 2 aromatic rings. The van der Waals surface area contributed by atoms with Crippen LogP contribution in [-0.2, 0) is 16.1 Å². The smallest absolute Gasteiger partial charge is 0.223 e. The van der Waals surface area contributed by atoms with Gasteiger partial charge in [-0.25, -0.2) is 0 Å². The Morgan fingerprint density at radius 1 is 1.38 bits per heavy atom. The number of carbonyl (C=O) groups excluding carboxylic acids is 1. The van der Waals surface area contributed by atoms with Gasteiger partial charge in [0.25, 0.3) is 0 Å². The molecule has 6 nitrogen and oxygen atoms in total. The van der Waals surface area contributed by atoms with Crippen molar-refractivity contribution in [3.8, 4) is 0 Å². The third-order valence-electron chi connectivity index (χ3n) is 4.53. The zero-order valence-corrected chi connectivity index (χ0v) is 14.7. The number of fused-ring (bicyclic) bond motifs is 1. The second kappa shape index (κ2) is 8.00. The topological polar surface area (TPSA) is 90.1 Å². The first-order chi connectivity index (χ1) is 11.7. The van der Waals surface area contributed by atoms with Crippen molar-refractivity contribution in [2.24, 2.45) is 11.7 Å². The monoisotopic (exact) mass is 348 g/mol. The van der Waals surface area contributed by atoms with E-state index in [0.29, 0.717) is 13.0 Å². The third kappa shape index (κ3) is 4.09. The van der Waals surface area contributed by atoms with Gasteiger partial charge in [0.2, 0.25) is 5.91 Å². The van der Waals surface area contributed by atoms with Gasteiger partial charge in [-0.3, -0.25) is 4.79 Å². The van der Waals surface area contributed by atoms with Crippen LogP contribution in [0.2, 0.25) is 0 Å². The van der Waals surface area contributed by atoms with Gasteiger partial charge >= 0.3 is 0 Å². The van der Waals surface area contributed by atoms with Crippen LogP contribution in [0.25, 0.3) is 11.0 Å². The Morgan fingerprint density at radius 3 is 3.00 bits per heavy atom. The number of aromatic nitrogens is 2. The summed E-state index contributed by atoms with van der Waals surface area (Å²) in [6, 6.07) is 5.83. The molecule has 24 heavy (non-hydrogen) atoms. The van der Waals surface area contributed by atoms with E-state index in [1.54, 1.807) is 0 Å². The number of amides is 1. The SMILES string of the molecule is CCCO[C@@H]1CC[C@H](C(=O)NCc2ccc3nsnc3c2)C[C@H]1N. The highest BCUT2D eigenvalue weighted by Crippen LogP contribution is 2.26. The third-order valence-corrected chi connectivity index (χ3v) is 5.08. The molecule has 0 aliphatic heterocycles. The molecular weight excluding hydrogens is 324 g/mol. The lowest BCUT2D eigenvalue weighted by molar-refractivity contribution is -0.127. The number of carbonyl (C=O) groups is 1. The number of hydrogen-bond acceptors (Lipinski definition) is 6. The molecule has 130 valence electrons. The van der Waals surface area contributed by atoms with Crippen LogP contribution in [-0.4, -0.2) is 33.4 Å². The first-order valence-corrected chi connectivity index (χ1v) is 9.26. The molecule has 1 heterocycles. The minimum Gasteiger partial charge on any atom is -0.377 e. The summed E-state index contributed by atoms with van der Waals surface area (Å²) in [7, 11) is 0. The van der Waals surface area contributed by atoms with Crippen LogP contribution in [0.4, 0.5) is 0 Å². The van der Waals surface area contributed by atoms with E-state index in [-0.39, 0.29) is 24.0 Å². The normalized spacial score (nSPS) is 24.2. The number of hydrogen-bond donors (Lipinski definition) is 2. The molecule has 3 N–H and O–H groups in total. The highest BCUT2D eigenvalue weighted by Gasteiger charge is 2.32. The zero-order valence-electron chi connectivity index (χ0n) is 13.9. The van der Waals surface area contributed by atoms with Gasteiger partial charge in [0.05, 0.1) is 17.8 Å². The largest absolute Gasteiger partial charge is 0.377 e. The fraction of sp³-hybridized carbons (Fsp3) is 0.588. The average Bonchev–Trinajstić information content (AvgIpc) is 3.06. The quantitative estimate of drug-likeness (QED) is 0.835. The van der Waals surface area contributed by atoms with Crippen molar-refractivity contribution >= 4 is 28.7 Å². The molecule has 0 spiro atoms. The molecule has 1 amide bonds. The second-order valence-electron chi connectivity index (χ2n) is 6.39. The molecule has 1 aliphatic rings. The number of benzene rings is 1. The van der Waals surface area contributed by atoms with Crippen molar-refractivity contribution in [2.45, 2.75) is 51.3 Å². The molecule has 0 unspecified atom stereocenters. The summed E-state index contributed by atoms with van der Waals surface area (Å²) in [5.41, 5.74) is 8.99. The Kier molecular flexibility index (Phi) is 5.76. The number of rotatable bonds is 6. The van der Waals surface area contributed by atoms with E-state index in [9.17, 15) is 4.79 Å². The van der Waals surface area contributed by atoms with Gasteiger partial charge in [0.15, 0.2) is 0 Å². The number of nitrogens with two attached hydrogens (primary N) is 1. The molecule has 0 radical (unpaired) electrons. The van der Waals surface area contributed by atoms with E-state index in [1.807, 2.05) is 18.2 Å². The number of ether oxygens (including phenoxy) is 1. The first kappa shape index (κ1) is 17.3. The molecule has 3 atom stereocenters. The molecule has 7 heteroatoms. The molecule has 1 fully saturated rings. The van der Waals surface area contributed by atoms with Crippen molar-refractivity contribution < 1.29 is 9.53 Å². The summed E-state index contributed by atoms with van der Waals surface area (Å²) < 4.78 is 14.2. The molecule has 3 rings (SSSR count). The fourth-order valence-corrected chi connectivity index (χ4v) is 3.68. The lowest BCUT2D eigenvalue weighted by Gasteiger charge is -2.33. The Morgan fingerprint density at radius 2 is 2.21 bits per heavy atom. The van der Waals surface area contributed by atoms with Crippen LogP contribution in [0, 0.1) is 5.92 Å². The molecule has 1 aromatic heterocycles. The highest BCUT2D eigenvalue weighted by atomic mass is 32.1. The van der Waals surface area contributed by atoms with E-state index >= 15 is 0 Å². The maximum absolute atomic E-state index is 12.4. The summed E-state index contributed by atoms with van der Waals surface area (Å²) in [5, 5.41) is 3.02. The van der Waals surface area contributed by atoms with Crippen LogP contribution < -0.4 is 11.1 Å². The lowest BCUT2D eigenvalue weighted by atomic mass is 9.83. The van der Waals surface area contributed by atoms with Crippen molar-refractivity contribution in [3.63, 3.8) is 0 Å². The van der Waals surface area contributed by atoms with E-state index in [2.05, 4.69) is 21.0 Å². The second-order valence-corrected chi connectivity index (χ2v) is 6.92. The predicted molar refractivity (Wildman–Crippen MR) is 94.6 cm³/mol. The Hall–Kier alpha value is -1.57. The van der Waals surface area contributed by atoms with Gasteiger partial charge in [-0.05, 0) is 43.4 Å². The maximum atomic E-state index is 12.4. The number of nitrogens with zero attached hydrogens (tertiary/aromatic N) is 2. The Balaban J connectivity index is 1.50. The van der Waals surface area contributed by atoms with E-state index in [1.165, 1.54) is 11.7 Å². The minimum absolute atomic E-state index is 0.0221. The van der Waals surface area contributed by atoms with Gasteiger partial charge in [0.1, 0.15) is 11.0 Å². The van der Waals surface area contributed by atoms with Crippen LogP contribution in [0.1, 0.15) is 38.2 Å². The zero-order chi connectivity index (χ0) is 16.9. The van der Waals surface area contributed by atoms with Crippen LogP contribution >= 0.6 is 11.7 Å². The van der Waals surface area contributed by atoms with Gasteiger partial charge in [-0.15, -0.1) is 0 Å². The molecule has 1 aliphatic carbocycles. The van der Waals surface area contributed by atoms with Gasteiger partial charge < -0.3 is 15.8 Å². The molecule has 1 saturated carbocycles. The predicted octanol–water partition coefficient (Wildman–Crippen LogP) is 2.23.